The summed E-state index contributed by atoms with van der Waals surface area (Å²) in [5, 5.41) is 3.34. The number of hydrogen-bond donors (Lipinski definition) is 2. The molecular formula is C14H24N4O2S. The van der Waals surface area contributed by atoms with Crippen molar-refractivity contribution in [3.63, 3.8) is 0 Å². The van der Waals surface area contributed by atoms with E-state index in [0.717, 1.165) is 45.0 Å². The molecule has 0 atom stereocenters. The van der Waals surface area contributed by atoms with Crippen molar-refractivity contribution in [2.45, 2.75) is 4.90 Å². The summed E-state index contributed by atoms with van der Waals surface area (Å²) in [6, 6.07) is 6.98. The topological polar surface area (TPSA) is 64.7 Å². The molecule has 0 aromatic heterocycles. The molecule has 1 aromatic rings. The molecule has 1 aliphatic rings. The molecule has 1 saturated heterocycles. The maximum absolute atomic E-state index is 11.7. The lowest BCUT2D eigenvalue weighted by molar-refractivity contribution is 0.246. The molecule has 7 heteroatoms. The molecule has 0 aliphatic carbocycles. The molecule has 0 radical (unpaired) electrons. The first kappa shape index (κ1) is 16.2. The summed E-state index contributed by atoms with van der Waals surface area (Å²) in [6.45, 7) is 6.24. The van der Waals surface area contributed by atoms with Crippen LogP contribution in [0.2, 0.25) is 0 Å². The summed E-state index contributed by atoms with van der Waals surface area (Å²) in [4.78, 5) is 4.88. The van der Waals surface area contributed by atoms with Crippen molar-refractivity contribution < 1.29 is 8.42 Å². The number of sulfonamides is 1. The Morgan fingerprint density at radius 2 is 1.86 bits per heavy atom. The van der Waals surface area contributed by atoms with Crippen LogP contribution in [0, 0.1) is 0 Å². The molecule has 0 spiro atoms. The van der Waals surface area contributed by atoms with Crippen LogP contribution in [0.25, 0.3) is 0 Å². The molecule has 1 aliphatic heterocycles. The average Bonchev–Trinajstić information content (AvgIpc) is 2.53. The van der Waals surface area contributed by atoms with Crippen LogP contribution in [-0.2, 0) is 10.0 Å². The van der Waals surface area contributed by atoms with E-state index in [1.165, 1.54) is 7.05 Å². The van der Waals surface area contributed by atoms with Gasteiger partial charge in [-0.1, -0.05) is 0 Å². The number of nitrogens with zero attached hydrogens (tertiary/aromatic N) is 2. The van der Waals surface area contributed by atoms with E-state index in [2.05, 4.69) is 19.8 Å². The van der Waals surface area contributed by atoms with Gasteiger partial charge in [0.05, 0.1) is 4.90 Å². The van der Waals surface area contributed by atoms with Crippen LogP contribution in [-0.4, -0.2) is 66.7 Å². The lowest BCUT2D eigenvalue weighted by atomic mass is 10.3. The Morgan fingerprint density at radius 3 is 2.43 bits per heavy atom. The lowest BCUT2D eigenvalue weighted by Gasteiger charge is -2.29. The van der Waals surface area contributed by atoms with Crippen molar-refractivity contribution in [2.24, 2.45) is 0 Å². The molecule has 0 unspecified atom stereocenters. The van der Waals surface area contributed by atoms with Gasteiger partial charge in [-0.3, -0.25) is 4.90 Å². The highest BCUT2D eigenvalue weighted by Crippen LogP contribution is 2.16. The standard InChI is InChI=1S/C14H24N4O2S/c1-15-21(19,20)14-5-3-13(4-6-14)17(2)11-12-18-9-7-16-8-10-18/h3-6,15-16H,7-12H2,1-2H3. The second kappa shape index (κ2) is 7.22. The molecule has 2 N–H and O–H groups in total. The van der Waals surface area contributed by atoms with Gasteiger partial charge >= 0.3 is 0 Å². The molecule has 1 heterocycles. The third-order valence-electron chi connectivity index (χ3n) is 3.82. The van der Waals surface area contributed by atoms with Gasteiger partial charge in [0, 0.05) is 52.0 Å². The summed E-state index contributed by atoms with van der Waals surface area (Å²) in [6.07, 6.45) is 0. The molecule has 1 fully saturated rings. The van der Waals surface area contributed by atoms with E-state index in [4.69, 9.17) is 0 Å². The number of rotatable bonds is 6. The molecule has 6 nitrogen and oxygen atoms in total. The third kappa shape index (κ3) is 4.41. The predicted octanol–water partition coefficient (Wildman–Crippen LogP) is -0.0639. The summed E-state index contributed by atoms with van der Waals surface area (Å²) in [7, 11) is 0.0973. The van der Waals surface area contributed by atoms with Crippen LogP contribution in [0.3, 0.4) is 0 Å². The van der Waals surface area contributed by atoms with Crippen molar-refractivity contribution in [2.75, 3.05) is 58.3 Å². The van der Waals surface area contributed by atoms with Gasteiger partial charge in [-0.05, 0) is 31.3 Å². The maximum atomic E-state index is 11.7. The quantitative estimate of drug-likeness (QED) is 0.770. The Bertz CT molecular complexity index is 539. The smallest absolute Gasteiger partial charge is 0.240 e. The number of piperazine rings is 1. The van der Waals surface area contributed by atoms with Gasteiger partial charge in [0.15, 0.2) is 0 Å². The van der Waals surface area contributed by atoms with Crippen molar-refractivity contribution in [3.05, 3.63) is 24.3 Å². The summed E-state index contributed by atoms with van der Waals surface area (Å²) in [5.41, 5.74) is 1.03. The third-order valence-corrected chi connectivity index (χ3v) is 5.25. The first-order chi connectivity index (χ1) is 10.0. The molecule has 118 valence electrons. The minimum absolute atomic E-state index is 0.296. The zero-order valence-corrected chi connectivity index (χ0v) is 13.5. The second-order valence-electron chi connectivity index (χ2n) is 5.21. The van der Waals surface area contributed by atoms with Gasteiger partial charge in [0.25, 0.3) is 0 Å². The molecule has 2 rings (SSSR count). The number of hydrogen-bond acceptors (Lipinski definition) is 5. The number of nitrogens with one attached hydrogen (secondary N) is 2. The molecular weight excluding hydrogens is 288 g/mol. The number of anilines is 1. The van der Waals surface area contributed by atoms with Gasteiger partial charge in [0.2, 0.25) is 10.0 Å². The van der Waals surface area contributed by atoms with Gasteiger partial charge in [0.1, 0.15) is 0 Å². The Hall–Kier alpha value is -1.15. The van der Waals surface area contributed by atoms with E-state index in [9.17, 15) is 8.42 Å². The minimum Gasteiger partial charge on any atom is -0.373 e. The first-order valence-electron chi connectivity index (χ1n) is 7.21. The molecule has 0 saturated carbocycles. The fourth-order valence-corrected chi connectivity index (χ4v) is 3.08. The van der Waals surface area contributed by atoms with Crippen LogP contribution in [0.15, 0.2) is 29.2 Å². The Labute approximate surface area is 127 Å². The van der Waals surface area contributed by atoms with E-state index in [1.807, 2.05) is 19.2 Å². The zero-order chi connectivity index (χ0) is 15.3. The minimum atomic E-state index is -3.35. The fraction of sp³-hybridized carbons (Fsp3) is 0.571. The van der Waals surface area contributed by atoms with Crippen molar-refractivity contribution in [1.82, 2.24) is 14.9 Å². The van der Waals surface area contributed by atoms with Gasteiger partial charge in [-0.25, -0.2) is 13.1 Å². The summed E-state index contributed by atoms with van der Waals surface area (Å²) < 4.78 is 25.7. The zero-order valence-electron chi connectivity index (χ0n) is 12.7. The number of benzene rings is 1. The molecule has 0 bridgehead atoms. The van der Waals surface area contributed by atoms with Crippen LogP contribution >= 0.6 is 0 Å². The van der Waals surface area contributed by atoms with Crippen LogP contribution < -0.4 is 14.9 Å². The lowest BCUT2D eigenvalue weighted by Crippen LogP contribution is -2.46. The van der Waals surface area contributed by atoms with Crippen molar-refractivity contribution in [3.8, 4) is 0 Å². The van der Waals surface area contributed by atoms with E-state index < -0.39 is 10.0 Å². The Kier molecular flexibility index (Phi) is 5.58. The highest BCUT2D eigenvalue weighted by Gasteiger charge is 2.13. The largest absolute Gasteiger partial charge is 0.373 e. The first-order valence-corrected chi connectivity index (χ1v) is 8.69. The molecule has 1 aromatic carbocycles. The average molecular weight is 312 g/mol. The second-order valence-corrected chi connectivity index (χ2v) is 7.10. The van der Waals surface area contributed by atoms with Gasteiger partial charge in [-0.2, -0.15) is 0 Å². The van der Waals surface area contributed by atoms with Crippen molar-refractivity contribution >= 4 is 15.7 Å². The highest BCUT2D eigenvalue weighted by molar-refractivity contribution is 7.89. The van der Waals surface area contributed by atoms with Gasteiger partial charge < -0.3 is 10.2 Å². The van der Waals surface area contributed by atoms with E-state index in [-0.39, 0.29) is 0 Å². The molecule has 0 amide bonds. The number of likely N-dealkylation sites (N-methyl/N-ethyl adjacent to an activating group) is 1. The maximum Gasteiger partial charge on any atom is 0.240 e. The van der Waals surface area contributed by atoms with Crippen LogP contribution in [0.4, 0.5) is 5.69 Å². The van der Waals surface area contributed by atoms with Crippen LogP contribution in [0.1, 0.15) is 0 Å². The Morgan fingerprint density at radius 1 is 1.24 bits per heavy atom. The van der Waals surface area contributed by atoms with Gasteiger partial charge in [-0.15, -0.1) is 0 Å². The fourth-order valence-electron chi connectivity index (χ4n) is 2.35. The van der Waals surface area contributed by atoms with E-state index >= 15 is 0 Å². The monoisotopic (exact) mass is 312 g/mol. The summed E-state index contributed by atoms with van der Waals surface area (Å²) >= 11 is 0. The highest BCUT2D eigenvalue weighted by atomic mass is 32.2. The SMILES string of the molecule is CNS(=O)(=O)c1ccc(N(C)CCN2CCNCC2)cc1. The van der Waals surface area contributed by atoms with Crippen LogP contribution in [0.5, 0.6) is 0 Å². The predicted molar refractivity (Wildman–Crippen MR) is 85.3 cm³/mol. The van der Waals surface area contributed by atoms with Crippen molar-refractivity contribution in [1.29, 1.82) is 0 Å². The van der Waals surface area contributed by atoms with E-state index in [1.54, 1.807) is 12.1 Å². The Balaban J connectivity index is 1.91. The normalized spacial score (nSPS) is 16.9. The summed E-state index contributed by atoms with van der Waals surface area (Å²) in [5.74, 6) is 0. The van der Waals surface area contributed by atoms with E-state index in [0.29, 0.717) is 4.90 Å². The molecule has 21 heavy (non-hydrogen) atoms.